The average molecular weight is 267 g/mol. The molecular weight excluding hydrogens is 246 g/mol. The van der Waals surface area contributed by atoms with Crippen molar-refractivity contribution in [3.05, 3.63) is 17.5 Å². The van der Waals surface area contributed by atoms with Crippen LogP contribution in [0.15, 0.2) is 6.20 Å². The fraction of sp³-hybridized carbons (Fsp3) is 0.692. The minimum Gasteiger partial charge on any atom is -0.478 e. The van der Waals surface area contributed by atoms with E-state index in [2.05, 4.69) is 17.3 Å². The number of carboxylic acids is 1. The lowest BCUT2D eigenvalue weighted by molar-refractivity contribution is 0.0556. The molecule has 1 atom stereocenters. The molecule has 1 aliphatic heterocycles. The minimum atomic E-state index is -0.927. The molecule has 1 saturated heterocycles. The number of nitrogens with zero attached hydrogens (tertiary/aromatic N) is 2. The molecule has 2 heterocycles. The molecule has 6 nitrogen and oxygen atoms in total. The Kier molecular flexibility index (Phi) is 4.55. The summed E-state index contributed by atoms with van der Waals surface area (Å²) in [7, 11) is 1.77. The number of aromatic carboxylic acids is 1. The van der Waals surface area contributed by atoms with Gasteiger partial charge in [-0.25, -0.2) is 4.79 Å². The summed E-state index contributed by atoms with van der Waals surface area (Å²) in [6.07, 6.45) is 3.52. The third-order valence-corrected chi connectivity index (χ3v) is 3.86. The second-order valence-electron chi connectivity index (χ2n) is 5.05. The van der Waals surface area contributed by atoms with Crippen molar-refractivity contribution in [2.75, 3.05) is 13.2 Å². The first-order valence-electron chi connectivity index (χ1n) is 6.65. The van der Waals surface area contributed by atoms with E-state index in [4.69, 9.17) is 9.84 Å². The van der Waals surface area contributed by atoms with Crippen LogP contribution in [0.5, 0.6) is 0 Å². The quantitative estimate of drug-likeness (QED) is 0.833. The van der Waals surface area contributed by atoms with Crippen LogP contribution in [0.4, 0.5) is 0 Å². The first-order valence-corrected chi connectivity index (χ1v) is 6.65. The number of ether oxygens (including phenoxy) is 1. The van der Waals surface area contributed by atoms with Crippen molar-refractivity contribution < 1.29 is 14.6 Å². The van der Waals surface area contributed by atoms with Gasteiger partial charge in [0.2, 0.25) is 0 Å². The second kappa shape index (κ2) is 6.16. The number of hydrogen-bond donors (Lipinski definition) is 2. The number of aryl methyl sites for hydroxylation is 1. The lowest BCUT2D eigenvalue weighted by atomic mass is 9.93. The first kappa shape index (κ1) is 14.0. The van der Waals surface area contributed by atoms with Crippen molar-refractivity contribution in [3.8, 4) is 0 Å². The first-order chi connectivity index (χ1) is 9.09. The summed E-state index contributed by atoms with van der Waals surface area (Å²) in [4.78, 5) is 11.1. The topological polar surface area (TPSA) is 76.4 Å². The molecule has 2 N–H and O–H groups in total. The predicted molar refractivity (Wildman–Crippen MR) is 70.0 cm³/mol. The summed E-state index contributed by atoms with van der Waals surface area (Å²) in [5.74, 6) is -0.334. The van der Waals surface area contributed by atoms with Gasteiger partial charge in [-0.2, -0.15) is 5.10 Å². The zero-order valence-electron chi connectivity index (χ0n) is 11.4. The van der Waals surface area contributed by atoms with Gasteiger partial charge in [0, 0.05) is 32.8 Å². The van der Waals surface area contributed by atoms with Crippen molar-refractivity contribution in [1.29, 1.82) is 0 Å². The molecule has 0 aromatic carbocycles. The number of carboxylic acid groups (broad SMARTS) is 1. The molecule has 0 spiro atoms. The van der Waals surface area contributed by atoms with E-state index in [0.29, 0.717) is 24.2 Å². The van der Waals surface area contributed by atoms with Gasteiger partial charge >= 0.3 is 5.97 Å². The van der Waals surface area contributed by atoms with E-state index in [1.165, 1.54) is 6.20 Å². The molecule has 106 valence electrons. The maximum atomic E-state index is 11.1. The Balaban J connectivity index is 1.94. The molecular formula is C13H21N3O3. The molecule has 1 aromatic heterocycles. The highest BCUT2D eigenvalue weighted by molar-refractivity contribution is 5.88. The summed E-state index contributed by atoms with van der Waals surface area (Å²) < 4.78 is 6.97. The molecule has 1 unspecified atom stereocenters. The van der Waals surface area contributed by atoms with Crippen LogP contribution in [0.3, 0.4) is 0 Å². The summed E-state index contributed by atoms with van der Waals surface area (Å²) in [6, 6.07) is 0.348. The van der Waals surface area contributed by atoms with Crippen LogP contribution in [0, 0.1) is 5.92 Å². The van der Waals surface area contributed by atoms with Crippen LogP contribution >= 0.6 is 0 Å². The third-order valence-electron chi connectivity index (χ3n) is 3.86. The lowest BCUT2D eigenvalue weighted by Crippen LogP contribution is -2.37. The van der Waals surface area contributed by atoms with Gasteiger partial charge in [-0.15, -0.1) is 0 Å². The fourth-order valence-corrected chi connectivity index (χ4v) is 2.49. The van der Waals surface area contributed by atoms with Gasteiger partial charge in [0.1, 0.15) is 5.56 Å². The van der Waals surface area contributed by atoms with Crippen molar-refractivity contribution in [1.82, 2.24) is 15.1 Å². The number of aromatic nitrogens is 2. The number of carbonyl (C=O) groups is 1. The maximum absolute atomic E-state index is 11.1. The van der Waals surface area contributed by atoms with Gasteiger partial charge in [0.15, 0.2) is 0 Å². The molecule has 19 heavy (non-hydrogen) atoms. The number of nitrogens with one attached hydrogen (secondary N) is 1. The summed E-state index contributed by atoms with van der Waals surface area (Å²) in [5, 5.41) is 16.5. The van der Waals surface area contributed by atoms with E-state index in [9.17, 15) is 4.79 Å². The van der Waals surface area contributed by atoms with Crippen molar-refractivity contribution in [2.24, 2.45) is 13.0 Å². The van der Waals surface area contributed by atoms with E-state index >= 15 is 0 Å². The molecule has 0 aliphatic carbocycles. The highest BCUT2D eigenvalue weighted by Gasteiger charge is 2.21. The zero-order chi connectivity index (χ0) is 13.8. The zero-order valence-corrected chi connectivity index (χ0v) is 11.4. The molecule has 1 aliphatic rings. The van der Waals surface area contributed by atoms with Crippen LogP contribution in [0.1, 0.15) is 35.8 Å². The van der Waals surface area contributed by atoms with E-state index in [0.717, 1.165) is 26.1 Å². The SMILES string of the molecule is CC(NCc1c(C(=O)O)cnn1C)C1CCOCC1. The Morgan fingerprint density at radius 1 is 1.63 bits per heavy atom. The molecule has 2 rings (SSSR count). The molecule has 1 fully saturated rings. The Morgan fingerprint density at radius 3 is 2.95 bits per heavy atom. The smallest absolute Gasteiger partial charge is 0.339 e. The van der Waals surface area contributed by atoms with Gasteiger partial charge in [-0.1, -0.05) is 0 Å². The molecule has 6 heteroatoms. The fourth-order valence-electron chi connectivity index (χ4n) is 2.49. The van der Waals surface area contributed by atoms with Crippen molar-refractivity contribution in [2.45, 2.75) is 32.4 Å². The molecule has 0 radical (unpaired) electrons. The highest BCUT2D eigenvalue weighted by atomic mass is 16.5. The predicted octanol–water partition coefficient (Wildman–Crippen LogP) is 1.02. The van der Waals surface area contributed by atoms with Crippen LogP contribution < -0.4 is 5.32 Å². The van der Waals surface area contributed by atoms with Gasteiger partial charge < -0.3 is 15.2 Å². The maximum Gasteiger partial charge on any atom is 0.339 e. The summed E-state index contributed by atoms with van der Waals surface area (Å²) in [5.41, 5.74) is 0.987. The molecule has 0 bridgehead atoms. The van der Waals surface area contributed by atoms with Crippen LogP contribution in [-0.2, 0) is 18.3 Å². The van der Waals surface area contributed by atoms with E-state index < -0.39 is 5.97 Å². The summed E-state index contributed by atoms with van der Waals surface area (Å²) in [6.45, 7) is 4.31. The molecule has 0 saturated carbocycles. The Labute approximate surface area is 112 Å². The Morgan fingerprint density at radius 2 is 2.32 bits per heavy atom. The van der Waals surface area contributed by atoms with E-state index in [1.54, 1.807) is 11.7 Å². The molecule has 0 amide bonds. The van der Waals surface area contributed by atoms with Crippen LogP contribution in [-0.4, -0.2) is 40.1 Å². The van der Waals surface area contributed by atoms with Gasteiger partial charge in [-0.05, 0) is 25.7 Å². The Bertz CT molecular complexity index is 438. The minimum absolute atomic E-state index is 0.272. The van der Waals surface area contributed by atoms with E-state index in [-0.39, 0.29) is 5.56 Å². The average Bonchev–Trinajstić information content (AvgIpc) is 2.78. The van der Waals surface area contributed by atoms with Crippen LogP contribution in [0.2, 0.25) is 0 Å². The van der Waals surface area contributed by atoms with Gasteiger partial charge in [0.05, 0.1) is 11.9 Å². The summed E-state index contributed by atoms with van der Waals surface area (Å²) >= 11 is 0. The standard InChI is InChI=1S/C13H21N3O3/c1-9(10-3-5-19-6-4-10)14-8-12-11(13(17)18)7-15-16(12)2/h7,9-10,14H,3-6,8H2,1-2H3,(H,17,18). The van der Waals surface area contributed by atoms with E-state index in [1.807, 2.05) is 0 Å². The lowest BCUT2D eigenvalue weighted by Gasteiger charge is -2.28. The van der Waals surface area contributed by atoms with Gasteiger partial charge in [0.25, 0.3) is 0 Å². The highest BCUT2D eigenvalue weighted by Crippen LogP contribution is 2.19. The van der Waals surface area contributed by atoms with Crippen LogP contribution in [0.25, 0.3) is 0 Å². The normalized spacial score (nSPS) is 18.4. The second-order valence-corrected chi connectivity index (χ2v) is 5.05. The number of hydrogen-bond acceptors (Lipinski definition) is 4. The number of rotatable bonds is 5. The Hall–Kier alpha value is -1.40. The van der Waals surface area contributed by atoms with Crippen molar-refractivity contribution in [3.63, 3.8) is 0 Å². The largest absolute Gasteiger partial charge is 0.478 e. The molecule has 1 aromatic rings. The van der Waals surface area contributed by atoms with Crippen molar-refractivity contribution >= 4 is 5.97 Å². The monoisotopic (exact) mass is 267 g/mol. The van der Waals surface area contributed by atoms with Gasteiger partial charge in [-0.3, -0.25) is 4.68 Å². The third kappa shape index (κ3) is 3.33.